The number of piperazine rings is 1. The maximum absolute atomic E-state index is 12.7. The van der Waals surface area contributed by atoms with Gasteiger partial charge in [-0.25, -0.2) is 13.1 Å². The van der Waals surface area contributed by atoms with Crippen molar-refractivity contribution in [1.29, 1.82) is 0 Å². The van der Waals surface area contributed by atoms with Crippen LogP contribution in [-0.2, 0) is 16.7 Å². The molecule has 0 saturated carbocycles. The monoisotopic (exact) mass is 410 g/mol. The standard InChI is InChI=1S/C21H22N4O3S/c26-21-12-11-20(18-7-3-1-4-8-18)22-25(21)17-23-13-15-24(16-14-23)29(27,28)19-9-5-2-6-10-19/h1-12H,13-17H2. The zero-order valence-corrected chi connectivity index (χ0v) is 16.7. The molecule has 29 heavy (non-hydrogen) atoms. The van der Waals surface area contributed by atoms with Gasteiger partial charge in [-0.05, 0) is 18.2 Å². The molecule has 1 aliphatic heterocycles. The summed E-state index contributed by atoms with van der Waals surface area (Å²) in [7, 11) is -3.49. The number of sulfonamides is 1. The lowest BCUT2D eigenvalue weighted by Gasteiger charge is -2.33. The lowest BCUT2D eigenvalue weighted by Crippen LogP contribution is -2.49. The van der Waals surface area contributed by atoms with Gasteiger partial charge >= 0.3 is 0 Å². The van der Waals surface area contributed by atoms with Crippen molar-refractivity contribution in [2.75, 3.05) is 26.2 Å². The summed E-state index contributed by atoms with van der Waals surface area (Å²) in [6.07, 6.45) is 0. The molecule has 0 bridgehead atoms. The number of benzene rings is 2. The van der Waals surface area contributed by atoms with Gasteiger partial charge in [0.05, 0.1) is 17.3 Å². The van der Waals surface area contributed by atoms with Gasteiger partial charge in [0.2, 0.25) is 10.0 Å². The summed E-state index contributed by atoms with van der Waals surface area (Å²) >= 11 is 0. The first-order valence-corrected chi connectivity index (χ1v) is 10.9. The van der Waals surface area contributed by atoms with Crippen LogP contribution in [0.4, 0.5) is 0 Å². The first-order chi connectivity index (χ1) is 14.0. The zero-order chi connectivity index (χ0) is 20.3. The van der Waals surface area contributed by atoms with Crippen LogP contribution in [0.5, 0.6) is 0 Å². The third-order valence-electron chi connectivity index (χ3n) is 4.98. The normalized spacial score (nSPS) is 16.0. The quantitative estimate of drug-likeness (QED) is 0.642. The maximum atomic E-state index is 12.7. The first kappa shape index (κ1) is 19.5. The van der Waals surface area contributed by atoms with Crippen molar-refractivity contribution in [2.24, 2.45) is 0 Å². The minimum absolute atomic E-state index is 0.177. The summed E-state index contributed by atoms with van der Waals surface area (Å²) in [5, 5.41) is 4.48. The van der Waals surface area contributed by atoms with Crippen molar-refractivity contribution in [3.05, 3.63) is 83.2 Å². The third kappa shape index (κ3) is 4.29. The Balaban J connectivity index is 1.45. The molecule has 2 heterocycles. The van der Waals surface area contributed by atoms with E-state index in [4.69, 9.17) is 0 Å². The van der Waals surface area contributed by atoms with E-state index in [-0.39, 0.29) is 5.56 Å². The molecule has 0 radical (unpaired) electrons. The van der Waals surface area contributed by atoms with Gasteiger partial charge < -0.3 is 0 Å². The second kappa shape index (κ2) is 8.28. The minimum atomic E-state index is -3.49. The van der Waals surface area contributed by atoms with Gasteiger partial charge in [0.25, 0.3) is 5.56 Å². The summed E-state index contributed by atoms with van der Waals surface area (Å²) in [5.74, 6) is 0. The van der Waals surface area contributed by atoms with Gasteiger partial charge in [-0.3, -0.25) is 9.69 Å². The Morgan fingerprint density at radius 2 is 1.41 bits per heavy atom. The lowest BCUT2D eigenvalue weighted by atomic mass is 10.1. The second-order valence-corrected chi connectivity index (χ2v) is 8.84. The molecule has 1 fully saturated rings. The molecule has 0 unspecified atom stereocenters. The van der Waals surface area contributed by atoms with Crippen LogP contribution in [0.25, 0.3) is 11.3 Å². The van der Waals surface area contributed by atoms with Crippen molar-refractivity contribution in [3.8, 4) is 11.3 Å². The highest BCUT2D eigenvalue weighted by Crippen LogP contribution is 2.18. The highest BCUT2D eigenvalue weighted by molar-refractivity contribution is 7.89. The van der Waals surface area contributed by atoms with E-state index in [1.54, 1.807) is 36.4 Å². The molecule has 0 spiro atoms. The molecule has 1 aliphatic rings. The van der Waals surface area contributed by atoms with E-state index < -0.39 is 10.0 Å². The first-order valence-electron chi connectivity index (χ1n) is 9.45. The highest BCUT2D eigenvalue weighted by Gasteiger charge is 2.28. The van der Waals surface area contributed by atoms with Crippen molar-refractivity contribution in [1.82, 2.24) is 19.0 Å². The predicted octanol–water partition coefficient (Wildman–Crippen LogP) is 1.87. The Morgan fingerprint density at radius 3 is 2.07 bits per heavy atom. The van der Waals surface area contributed by atoms with Gasteiger partial charge in [-0.1, -0.05) is 48.5 Å². The van der Waals surface area contributed by atoms with Gasteiger partial charge in [0, 0.05) is 37.8 Å². The zero-order valence-electron chi connectivity index (χ0n) is 15.9. The second-order valence-electron chi connectivity index (χ2n) is 6.90. The largest absolute Gasteiger partial charge is 0.282 e. The number of nitrogens with zero attached hydrogens (tertiary/aromatic N) is 4. The SMILES string of the molecule is O=c1ccc(-c2ccccc2)nn1CN1CCN(S(=O)(=O)c2ccccc2)CC1. The predicted molar refractivity (Wildman–Crippen MR) is 111 cm³/mol. The molecule has 0 amide bonds. The van der Waals surface area contributed by atoms with E-state index in [0.717, 1.165) is 11.3 Å². The minimum Gasteiger partial charge on any atom is -0.282 e. The number of hydrogen-bond donors (Lipinski definition) is 0. The Morgan fingerprint density at radius 1 is 0.793 bits per heavy atom. The Kier molecular flexibility index (Phi) is 5.57. The fourth-order valence-electron chi connectivity index (χ4n) is 3.36. The molecule has 0 atom stereocenters. The molecule has 3 aromatic rings. The van der Waals surface area contributed by atoms with E-state index in [0.29, 0.717) is 37.7 Å². The molecule has 1 saturated heterocycles. The summed E-state index contributed by atoms with van der Waals surface area (Å²) in [4.78, 5) is 14.6. The maximum Gasteiger partial charge on any atom is 0.268 e. The van der Waals surface area contributed by atoms with E-state index in [2.05, 4.69) is 5.10 Å². The van der Waals surface area contributed by atoms with Crippen molar-refractivity contribution < 1.29 is 8.42 Å². The van der Waals surface area contributed by atoms with Crippen LogP contribution in [0.3, 0.4) is 0 Å². The fourth-order valence-corrected chi connectivity index (χ4v) is 4.80. The van der Waals surface area contributed by atoms with E-state index in [1.165, 1.54) is 15.1 Å². The van der Waals surface area contributed by atoms with Crippen molar-refractivity contribution >= 4 is 10.0 Å². The Bertz CT molecular complexity index is 1120. The van der Waals surface area contributed by atoms with Crippen LogP contribution in [0, 0.1) is 0 Å². The van der Waals surface area contributed by atoms with Crippen LogP contribution in [-0.4, -0.2) is 53.6 Å². The Hall–Kier alpha value is -2.81. The van der Waals surface area contributed by atoms with Crippen LogP contribution < -0.4 is 5.56 Å². The molecule has 1 aromatic heterocycles. The van der Waals surface area contributed by atoms with E-state index in [1.807, 2.05) is 35.2 Å². The average Bonchev–Trinajstić information content (AvgIpc) is 2.77. The highest BCUT2D eigenvalue weighted by atomic mass is 32.2. The molecule has 2 aromatic carbocycles. The van der Waals surface area contributed by atoms with Gasteiger partial charge in [0.15, 0.2) is 0 Å². The van der Waals surface area contributed by atoms with Crippen LogP contribution in [0.1, 0.15) is 0 Å². The van der Waals surface area contributed by atoms with Gasteiger partial charge in [0.1, 0.15) is 0 Å². The molecular weight excluding hydrogens is 388 g/mol. The summed E-state index contributed by atoms with van der Waals surface area (Å²) in [6, 6.07) is 21.4. The molecule has 150 valence electrons. The van der Waals surface area contributed by atoms with Gasteiger partial charge in [-0.15, -0.1) is 0 Å². The summed E-state index contributed by atoms with van der Waals surface area (Å²) < 4.78 is 28.4. The lowest BCUT2D eigenvalue weighted by molar-refractivity contribution is 0.143. The number of rotatable bonds is 5. The number of aromatic nitrogens is 2. The fraction of sp³-hybridized carbons (Fsp3) is 0.238. The summed E-state index contributed by atoms with van der Waals surface area (Å²) in [6.45, 7) is 2.17. The van der Waals surface area contributed by atoms with E-state index in [9.17, 15) is 13.2 Å². The van der Waals surface area contributed by atoms with Crippen LogP contribution >= 0.6 is 0 Å². The Labute approximate surface area is 169 Å². The van der Waals surface area contributed by atoms with Crippen LogP contribution in [0.15, 0.2) is 82.5 Å². The molecule has 0 aliphatic carbocycles. The average molecular weight is 410 g/mol. The van der Waals surface area contributed by atoms with Crippen molar-refractivity contribution in [3.63, 3.8) is 0 Å². The summed E-state index contributed by atoms with van der Waals surface area (Å²) in [5.41, 5.74) is 1.50. The molecular formula is C21H22N4O3S. The molecule has 4 rings (SSSR count). The number of hydrogen-bond acceptors (Lipinski definition) is 5. The smallest absolute Gasteiger partial charge is 0.268 e. The topological polar surface area (TPSA) is 75.5 Å². The van der Waals surface area contributed by atoms with E-state index >= 15 is 0 Å². The van der Waals surface area contributed by atoms with Gasteiger partial charge in [-0.2, -0.15) is 9.40 Å². The third-order valence-corrected chi connectivity index (χ3v) is 6.90. The molecule has 8 heteroatoms. The van der Waals surface area contributed by atoms with Crippen LogP contribution in [0.2, 0.25) is 0 Å². The molecule has 0 N–H and O–H groups in total. The van der Waals surface area contributed by atoms with Crippen molar-refractivity contribution in [2.45, 2.75) is 11.6 Å². The molecule has 7 nitrogen and oxygen atoms in total.